The summed E-state index contributed by atoms with van der Waals surface area (Å²) in [5, 5.41) is 6.58. The third-order valence-electron chi connectivity index (χ3n) is 4.12. The van der Waals surface area contributed by atoms with Crippen molar-refractivity contribution in [1.29, 1.82) is 0 Å². The first-order chi connectivity index (χ1) is 13.6. The zero-order valence-corrected chi connectivity index (χ0v) is 16.0. The molecular weight excluding hydrogens is 360 g/mol. The number of amides is 1. The molecular formula is C21H22N2O5. The molecule has 0 spiro atoms. The summed E-state index contributed by atoms with van der Waals surface area (Å²) < 4.78 is 21.2. The molecule has 0 atom stereocenters. The van der Waals surface area contributed by atoms with Crippen molar-refractivity contribution in [2.45, 2.75) is 13.3 Å². The molecule has 0 aliphatic heterocycles. The maximum Gasteiger partial charge on any atom is 0.239 e. The van der Waals surface area contributed by atoms with Crippen LogP contribution in [0, 0.1) is 0 Å². The van der Waals surface area contributed by atoms with Crippen molar-refractivity contribution in [3.8, 4) is 28.4 Å². The molecule has 0 aliphatic carbocycles. The second-order valence-corrected chi connectivity index (χ2v) is 5.94. The van der Waals surface area contributed by atoms with E-state index in [0.29, 0.717) is 23.7 Å². The van der Waals surface area contributed by atoms with Crippen LogP contribution >= 0.6 is 0 Å². The van der Waals surface area contributed by atoms with Gasteiger partial charge in [-0.15, -0.1) is 0 Å². The number of aromatic nitrogens is 1. The number of rotatable bonds is 8. The minimum atomic E-state index is -0.206. The monoisotopic (exact) mass is 382 g/mol. The van der Waals surface area contributed by atoms with Gasteiger partial charge in [0.1, 0.15) is 5.75 Å². The first kappa shape index (κ1) is 19.3. The predicted octanol–water partition coefficient (Wildman–Crippen LogP) is 3.94. The number of nitrogens with zero attached hydrogens (tertiary/aromatic N) is 1. The number of ether oxygens (including phenoxy) is 3. The molecule has 0 saturated carbocycles. The number of nitrogens with one attached hydrogen (secondary N) is 1. The Bertz CT molecular complexity index is 934. The van der Waals surface area contributed by atoms with Crippen LogP contribution in [0.4, 0.5) is 5.88 Å². The van der Waals surface area contributed by atoms with Gasteiger partial charge in [0.05, 0.1) is 39.0 Å². The quantitative estimate of drug-likeness (QED) is 0.635. The first-order valence-corrected chi connectivity index (χ1v) is 8.83. The Labute approximate surface area is 163 Å². The van der Waals surface area contributed by atoms with Crippen LogP contribution in [0.25, 0.3) is 11.1 Å². The van der Waals surface area contributed by atoms with Gasteiger partial charge < -0.3 is 18.7 Å². The predicted molar refractivity (Wildman–Crippen MR) is 105 cm³/mol. The van der Waals surface area contributed by atoms with Crippen molar-refractivity contribution in [2.75, 3.05) is 26.1 Å². The molecule has 3 rings (SSSR count). The molecule has 1 aromatic heterocycles. The van der Waals surface area contributed by atoms with Crippen molar-refractivity contribution in [3.63, 3.8) is 0 Å². The summed E-state index contributed by atoms with van der Waals surface area (Å²) in [5.74, 6) is 2.04. The average Bonchev–Trinajstić information content (AvgIpc) is 3.17. The normalized spacial score (nSPS) is 10.4. The Kier molecular flexibility index (Phi) is 6.16. The van der Waals surface area contributed by atoms with E-state index < -0.39 is 0 Å². The highest BCUT2D eigenvalue weighted by Gasteiger charge is 2.16. The molecule has 1 N–H and O–H groups in total. The second-order valence-electron chi connectivity index (χ2n) is 5.94. The van der Waals surface area contributed by atoms with Gasteiger partial charge in [0.25, 0.3) is 0 Å². The lowest BCUT2D eigenvalue weighted by molar-refractivity contribution is -0.115. The Balaban J connectivity index is 1.72. The Morgan fingerprint density at radius 2 is 1.82 bits per heavy atom. The number of benzene rings is 2. The lowest BCUT2D eigenvalue weighted by Crippen LogP contribution is -2.14. The van der Waals surface area contributed by atoms with Crippen molar-refractivity contribution >= 4 is 11.8 Å². The van der Waals surface area contributed by atoms with Crippen LogP contribution in [-0.2, 0) is 11.2 Å². The van der Waals surface area contributed by atoms with Crippen LogP contribution in [0.15, 0.2) is 53.2 Å². The van der Waals surface area contributed by atoms with Crippen molar-refractivity contribution in [1.82, 2.24) is 5.16 Å². The standard InChI is InChI=1S/C21H22N2O5/c1-4-27-16-8-5-14(6-9-16)11-20(24)23-21-17(13-22-28-21)15-7-10-18(25-2)19(12-15)26-3/h5-10,12-13H,4,11H2,1-3H3,(H,23,24). The van der Waals surface area contributed by atoms with E-state index in [1.54, 1.807) is 32.5 Å². The highest BCUT2D eigenvalue weighted by molar-refractivity contribution is 5.94. The highest BCUT2D eigenvalue weighted by Crippen LogP contribution is 2.35. The minimum Gasteiger partial charge on any atom is -0.494 e. The molecule has 2 aromatic carbocycles. The maximum absolute atomic E-state index is 12.4. The lowest BCUT2D eigenvalue weighted by atomic mass is 10.1. The summed E-state index contributed by atoms with van der Waals surface area (Å²) in [6, 6.07) is 12.8. The summed E-state index contributed by atoms with van der Waals surface area (Å²) in [7, 11) is 3.14. The first-order valence-electron chi connectivity index (χ1n) is 8.83. The average molecular weight is 382 g/mol. The molecule has 28 heavy (non-hydrogen) atoms. The molecule has 0 radical (unpaired) electrons. The summed E-state index contributed by atoms with van der Waals surface area (Å²) in [5.41, 5.74) is 2.31. The van der Waals surface area contributed by atoms with Gasteiger partial charge in [-0.2, -0.15) is 0 Å². The summed E-state index contributed by atoms with van der Waals surface area (Å²) in [4.78, 5) is 12.4. The molecule has 0 aliphatic rings. The zero-order chi connectivity index (χ0) is 19.9. The molecule has 1 heterocycles. The third kappa shape index (κ3) is 4.43. The zero-order valence-electron chi connectivity index (χ0n) is 16.0. The molecule has 7 heteroatoms. The Hall–Kier alpha value is -3.48. The SMILES string of the molecule is CCOc1ccc(CC(=O)Nc2oncc2-c2ccc(OC)c(OC)c2)cc1. The fourth-order valence-corrected chi connectivity index (χ4v) is 2.77. The molecule has 146 valence electrons. The topological polar surface area (TPSA) is 82.8 Å². The molecule has 0 saturated heterocycles. The van der Waals surface area contributed by atoms with Crippen molar-refractivity contribution in [2.24, 2.45) is 0 Å². The maximum atomic E-state index is 12.4. The fraction of sp³-hybridized carbons (Fsp3) is 0.238. The molecule has 1 amide bonds. The van der Waals surface area contributed by atoms with Crippen LogP contribution in [0.1, 0.15) is 12.5 Å². The van der Waals surface area contributed by atoms with Crippen LogP contribution in [0.2, 0.25) is 0 Å². The van der Waals surface area contributed by atoms with Gasteiger partial charge in [-0.25, -0.2) is 0 Å². The van der Waals surface area contributed by atoms with Crippen molar-refractivity contribution in [3.05, 3.63) is 54.2 Å². The van der Waals surface area contributed by atoms with E-state index in [9.17, 15) is 4.79 Å². The number of carbonyl (C=O) groups is 1. The summed E-state index contributed by atoms with van der Waals surface area (Å²) in [6.45, 7) is 2.53. The fourth-order valence-electron chi connectivity index (χ4n) is 2.77. The van der Waals surface area contributed by atoms with E-state index in [4.69, 9.17) is 18.7 Å². The van der Waals surface area contributed by atoms with Gasteiger partial charge in [-0.05, 0) is 42.3 Å². The largest absolute Gasteiger partial charge is 0.494 e. The number of hydrogen-bond acceptors (Lipinski definition) is 6. The highest BCUT2D eigenvalue weighted by atomic mass is 16.5. The van der Waals surface area contributed by atoms with Crippen molar-refractivity contribution < 1.29 is 23.5 Å². The molecule has 3 aromatic rings. The van der Waals surface area contributed by atoms with E-state index in [-0.39, 0.29) is 18.2 Å². The third-order valence-corrected chi connectivity index (χ3v) is 4.12. The molecule has 0 bridgehead atoms. The number of carbonyl (C=O) groups excluding carboxylic acids is 1. The minimum absolute atomic E-state index is 0.206. The Morgan fingerprint density at radius 1 is 1.07 bits per heavy atom. The number of hydrogen-bond donors (Lipinski definition) is 1. The van der Waals surface area contributed by atoms with E-state index in [2.05, 4.69) is 10.5 Å². The Morgan fingerprint density at radius 3 is 2.50 bits per heavy atom. The van der Waals surface area contributed by atoms with Crippen LogP contribution in [-0.4, -0.2) is 31.9 Å². The summed E-state index contributed by atoms with van der Waals surface area (Å²) in [6.07, 6.45) is 1.76. The van der Waals surface area contributed by atoms with Gasteiger partial charge in [-0.3, -0.25) is 10.1 Å². The lowest BCUT2D eigenvalue weighted by Gasteiger charge is -2.09. The van der Waals surface area contributed by atoms with Crippen LogP contribution in [0.3, 0.4) is 0 Å². The van der Waals surface area contributed by atoms with E-state index in [1.807, 2.05) is 37.3 Å². The number of anilines is 1. The van der Waals surface area contributed by atoms with E-state index in [0.717, 1.165) is 16.9 Å². The summed E-state index contributed by atoms with van der Waals surface area (Å²) >= 11 is 0. The second kappa shape index (κ2) is 8.94. The van der Waals surface area contributed by atoms with Gasteiger partial charge >= 0.3 is 0 Å². The van der Waals surface area contributed by atoms with Gasteiger partial charge in [-0.1, -0.05) is 23.4 Å². The number of methoxy groups -OCH3 is 2. The van der Waals surface area contributed by atoms with Crippen LogP contribution < -0.4 is 19.5 Å². The molecule has 7 nitrogen and oxygen atoms in total. The van der Waals surface area contributed by atoms with E-state index >= 15 is 0 Å². The van der Waals surface area contributed by atoms with Gasteiger partial charge in [0, 0.05) is 0 Å². The smallest absolute Gasteiger partial charge is 0.239 e. The van der Waals surface area contributed by atoms with Gasteiger partial charge in [0.2, 0.25) is 11.8 Å². The molecule has 0 fully saturated rings. The van der Waals surface area contributed by atoms with E-state index in [1.165, 1.54) is 0 Å². The molecule has 0 unspecified atom stereocenters. The van der Waals surface area contributed by atoms with Gasteiger partial charge in [0.15, 0.2) is 11.5 Å². The van der Waals surface area contributed by atoms with Crippen LogP contribution in [0.5, 0.6) is 17.2 Å².